The van der Waals surface area contributed by atoms with Gasteiger partial charge in [0.2, 0.25) is 11.8 Å². The molecule has 3 N–H and O–H groups in total. The average molecular weight is 357 g/mol. The second-order valence-corrected chi connectivity index (χ2v) is 6.55. The van der Waals surface area contributed by atoms with Gasteiger partial charge in [-0.2, -0.15) is 0 Å². The summed E-state index contributed by atoms with van der Waals surface area (Å²) in [7, 11) is 0. The number of carbonyl (C=O) groups excluding carboxylic acids is 4. The van der Waals surface area contributed by atoms with Gasteiger partial charge in [0.05, 0.1) is 12.6 Å². The van der Waals surface area contributed by atoms with Gasteiger partial charge in [-0.3, -0.25) is 9.59 Å². The number of carbonyl (C=O) groups is 4. The standard InChI is InChI=1S/C17H31N3O5/c1-6-7-8-25-17(24)18-9-14(22)20-15(12(4)5)16(23)19-13(10-21)11(2)3/h10-13,15H,6-9H2,1-5H3,(H,18,24)(H,19,23)(H,20,22)/t13-,15+/m1/s1. The Bertz CT molecular complexity index is 452. The summed E-state index contributed by atoms with van der Waals surface area (Å²) < 4.78 is 4.88. The van der Waals surface area contributed by atoms with E-state index in [1.165, 1.54) is 0 Å². The van der Waals surface area contributed by atoms with Crippen molar-refractivity contribution in [3.05, 3.63) is 0 Å². The minimum atomic E-state index is -0.799. The zero-order chi connectivity index (χ0) is 19.4. The van der Waals surface area contributed by atoms with Gasteiger partial charge in [-0.05, 0) is 18.3 Å². The second kappa shape index (κ2) is 12.3. The van der Waals surface area contributed by atoms with Crippen molar-refractivity contribution in [2.75, 3.05) is 13.2 Å². The largest absolute Gasteiger partial charge is 0.450 e. The first-order chi connectivity index (χ1) is 11.7. The SMILES string of the molecule is CCCCOC(=O)NCC(=O)N[C@H](C(=O)N[C@H](C=O)C(C)C)C(C)C. The Morgan fingerprint density at radius 2 is 1.68 bits per heavy atom. The van der Waals surface area contributed by atoms with Crippen molar-refractivity contribution in [2.45, 2.75) is 59.5 Å². The van der Waals surface area contributed by atoms with E-state index in [0.29, 0.717) is 12.9 Å². The molecule has 0 saturated carbocycles. The van der Waals surface area contributed by atoms with Crippen molar-refractivity contribution < 1.29 is 23.9 Å². The molecule has 0 spiro atoms. The highest BCUT2D eigenvalue weighted by Crippen LogP contribution is 2.05. The monoisotopic (exact) mass is 357 g/mol. The van der Waals surface area contributed by atoms with Gasteiger partial charge in [0, 0.05) is 0 Å². The van der Waals surface area contributed by atoms with Gasteiger partial charge in [-0.1, -0.05) is 41.0 Å². The van der Waals surface area contributed by atoms with E-state index >= 15 is 0 Å². The second-order valence-electron chi connectivity index (χ2n) is 6.55. The van der Waals surface area contributed by atoms with E-state index in [9.17, 15) is 19.2 Å². The molecule has 0 aliphatic heterocycles. The van der Waals surface area contributed by atoms with Crippen molar-refractivity contribution in [2.24, 2.45) is 11.8 Å². The summed E-state index contributed by atoms with van der Waals surface area (Å²) in [6.07, 6.45) is 1.66. The van der Waals surface area contributed by atoms with Crippen LogP contribution in [-0.4, -0.2) is 49.4 Å². The van der Waals surface area contributed by atoms with E-state index in [0.717, 1.165) is 12.8 Å². The van der Waals surface area contributed by atoms with Crippen LogP contribution in [-0.2, 0) is 19.1 Å². The van der Waals surface area contributed by atoms with Gasteiger partial charge in [-0.15, -0.1) is 0 Å². The van der Waals surface area contributed by atoms with Gasteiger partial charge in [-0.25, -0.2) is 4.79 Å². The molecule has 8 nitrogen and oxygen atoms in total. The Morgan fingerprint density at radius 3 is 2.16 bits per heavy atom. The topological polar surface area (TPSA) is 114 Å². The fourth-order valence-electron chi connectivity index (χ4n) is 1.88. The zero-order valence-corrected chi connectivity index (χ0v) is 15.8. The molecule has 144 valence electrons. The molecular weight excluding hydrogens is 326 g/mol. The summed E-state index contributed by atoms with van der Waals surface area (Å²) in [6.45, 7) is 9.17. The molecule has 3 amide bonds. The molecule has 0 fully saturated rings. The minimum Gasteiger partial charge on any atom is -0.450 e. The summed E-state index contributed by atoms with van der Waals surface area (Å²) in [5, 5.41) is 7.52. The van der Waals surface area contributed by atoms with Crippen LogP contribution in [0.15, 0.2) is 0 Å². The lowest BCUT2D eigenvalue weighted by molar-refractivity contribution is -0.131. The first kappa shape index (κ1) is 22.9. The maximum absolute atomic E-state index is 12.3. The molecule has 0 aliphatic carbocycles. The molecule has 0 aromatic carbocycles. The lowest BCUT2D eigenvalue weighted by atomic mass is 10.0. The molecule has 0 radical (unpaired) electrons. The maximum Gasteiger partial charge on any atom is 0.407 e. The Hall–Kier alpha value is -2.12. The molecule has 0 heterocycles. The molecule has 0 rings (SSSR count). The minimum absolute atomic E-state index is 0.0514. The molecule has 0 saturated heterocycles. The molecule has 0 unspecified atom stereocenters. The molecule has 0 aliphatic rings. The lowest BCUT2D eigenvalue weighted by Gasteiger charge is -2.25. The highest BCUT2D eigenvalue weighted by Gasteiger charge is 2.27. The van der Waals surface area contributed by atoms with Crippen molar-refractivity contribution in [3.63, 3.8) is 0 Å². The van der Waals surface area contributed by atoms with Crippen LogP contribution in [0.2, 0.25) is 0 Å². The van der Waals surface area contributed by atoms with Crippen LogP contribution in [0.1, 0.15) is 47.5 Å². The van der Waals surface area contributed by atoms with Crippen molar-refractivity contribution in [1.82, 2.24) is 16.0 Å². The third-order valence-corrected chi connectivity index (χ3v) is 3.56. The van der Waals surface area contributed by atoms with E-state index in [-0.39, 0.29) is 18.4 Å². The summed E-state index contributed by atoms with van der Waals surface area (Å²) >= 11 is 0. The fraction of sp³-hybridized carbons (Fsp3) is 0.765. The number of rotatable bonds is 11. The lowest BCUT2D eigenvalue weighted by Crippen LogP contribution is -2.54. The summed E-state index contributed by atoms with van der Waals surface area (Å²) in [5.74, 6) is -1.17. The molecule has 2 atom stereocenters. The molecule has 0 aromatic rings. The van der Waals surface area contributed by atoms with Crippen LogP contribution >= 0.6 is 0 Å². The summed E-state index contributed by atoms with van der Waals surface area (Å²) in [4.78, 5) is 46.7. The van der Waals surface area contributed by atoms with E-state index in [1.807, 2.05) is 20.8 Å². The van der Waals surface area contributed by atoms with E-state index in [2.05, 4.69) is 16.0 Å². The quantitative estimate of drug-likeness (QED) is 0.377. The number of alkyl carbamates (subject to hydrolysis) is 1. The van der Waals surface area contributed by atoms with Crippen molar-refractivity contribution >= 4 is 24.2 Å². The Morgan fingerprint density at radius 1 is 1.04 bits per heavy atom. The normalized spacial score (nSPS) is 13.1. The van der Waals surface area contributed by atoms with Crippen LogP contribution in [0.25, 0.3) is 0 Å². The number of aldehydes is 1. The average Bonchev–Trinajstić information content (AvgIpc) is 2.55. The number of ether oxygens (including phenoxy) is 1. The zero-order valence-electron chi connectivity index (χ0n) is 15.8. The highest BCUT2D eigenvalue weighted by molar-refractivity contribution is 5.90. The molecule has 0 bridgehead atoms. The third-order valence-electron chi connectivity index (χ3n) is 3.56. The predicted octanol–water partition coefficient (Wildman–Crippen LogP) is 0.993. The van der Waals surface area contributed by atoms with Gasteiger partial charge in [0.15, 0.2) is 0 Å². The van der Waals surface area contributed by atoms with Crippen LogP contribution in [0.5, 0.6) is 0 Å². The molecule has 0 aromatic heterocycles. The first-order valence-electron chi connectivity index (χ1n) is 8.68. The first-order valence-corrected chi connectivity index (χ1v) is 8.68. The number of nitrogens with one attached hydrogen (secondary N) is 3. The van der Waals surface area contributed by atoms with Crippen LogP contribution in [0.4, 0.5) is 4.79 Å². The smallest absolute Gasteiger partial charge is 0.407 e. The van der Waals surface area contributed by atoms with Crippen molar-refractivity contribution in [1.29, 1.82) is 0 Å². The van der Waals surface area contributed by atoms with Gasteiger partial charge in [0.1, 0.15) is 18.9 Å². The van der Waals surface area contributed by atoms with E-state index < -0.39 is 30.0 Å². The molecule has 8 heteroatoms. The molecular formula is C17H31N3O5. The van der Waals surface area contributed by atoms with Gasteiger partial charge in [0.25, 0.3) is 0 Å². The van der Waals surface area contributed by atoms with E-state index in [1.54, 1.807) is 13.8 Å². The number of hydrogen-bond acceptors (Lipinski definition) is 5. The van der Waals surface area contributed by atoms with Gasteiger partial charge >= 0.3 is 6.09 Å². The fourth-order valence-corrected chi connectivity index (χ4v) is 1.88. The highest BCUT2D eigenvalue weighted by atomic mass is 16.5. The summed E-state index contributed by atoms with van der Waals surface area (Å²) in [5.41, 5.74) is 0. The van der Waals surface area contributed by atoms with Crippen LogP contribution < -0.4 is 16.0 Å². The van der Waals surface area contributed by atoms with Crippen LogP contribution in [0, 0.1) is 11.8 Å². The Kier molecular flexibility index (Phi) is 11.2. The number of unbranched alkanes of at least 4 members (excludes halogenated alkanes) is 1. The third kappa shape index (κ3) is 9.69. The van der Waals surface area contributed by atoms with Crippen molar-refractivity contribution in [3.8, 4) is 0 Å². The number of hydrogen-bond donors (Lipinski definition) is 3. The Balaban J connectivity index is 4.50. The maximum atomic E-state index is 12.3. The molecule has 25 heavy (non-hydrogen) atoms. The van der Waals surface area contributed by atoms with Gasteiger partial charge < -0.3 is 25.5 Å². The number of amides is 3. The Labute approximate surface area is 149 Å². The van der Waals surface area contributed by atoms with Crippen LogP contribution in [0.3, 0.4) is 0 Å². The van der Waals surface area contributed by atoms with E-state index in [4.69, 9.17) is 4.74 Å². The summed E-state index contributed by atoms with van der Waals surface area (Å²) in [6, 6.07) is -1.41. The predicted molar refractivity (Wildman–Crippen MR) is 93.9 cm³/mol.